The van der Waals surface area contributed by atoms with Crippen molar-refractivity contribution >= 4 is 18.2 Å². The summed E-state index contributed by atoms with van der Waals surface area (Å²) in [4.78, 5) is 11.1. The maximum absolute atomic E-state index is 9.97. The van der Waals surface area contributed by atoms with E-state index in [1.165, 1.54) is 11.8 Å². The van der Waals surface area contributed by atoms with E-state index in [2.05, 4.69) is 0 Å². The summed E-state index contributed by atoms with van der Waals surface area (Å²) in [5.41, 5.74) is -0.120. The van der Waals surface area contributed by atoms with Crippen molar-refractivity contribution in [2.24, 2.45) is 0 Å². The molecule has 64 valence electrons. The van der Waals surface area contributed by atoms with Crippen molar-refractivity contribution in [2.75, 3.05) is 0 Å². The molecule has 0 saturated carbocycles. The van der Waals surface area contributed by atoms with E-state index in [1.807, 2.05) is 37.3 Å². The molecular formula is C9H10O2S. The van der Waals surface area contributed by atoms with Gasteiger partial charge < -0.3 is 4.74 Å². The number of carbonyl (C=O) groups is 1. The summed E-state index contributed by atoms with van der Waals surface area (Å²) in [6.07, 6.45) is 0. The molecule has 2 nitrogen and oxygen atoms in total. The van der Waals surface area contributed by atoms with Crippen molar-refractivity contribution < 1.29 is 9.53 Å². The van der Waals surface area contributed by atoms with Gasteiger partial charge in [-0.3, -0.25) is 4.79 Å². The Hall–Kier alpha value is -0.960. The topological polar surface area (TPSA) is 26.3 Å². The summed E-state index contributed by atoms with van der Waals surface area (Å²) >= 11 is 1.51. The Morgan fingerprint density at radius 2 is 2.08 bits per heavy atom. The molecule has 0 bridgehead atoms. The van der Waals surface area contributed by atoms with Crippen LogP contribution < -0.4 is 0 Å². The zero-order valence-corrected chi connectivity index (χ0v) is 7.58. The lowest BCUT2D eigenvalue weighted by Gasteiger charge is -2.07. The number of benzene rings is 1. The number of thioether (sulfide) groups is 1. The highest BCUT2D eigenvalue weighted by Crippen LogP contribution is 2.22. The Kier molecular flexibility index (Phi) is 3.67. The van der Waals surface area contributed by atoms with Crippen LogP contribution in [0.3, 0.4) is 0 Å². The second kappa shape index (κ2) is 4.83. The van der Waals surface area contributed by atoms with Gasteiger partial charge in [0.1, 0.15) is 5.44 Å². The molecule has 3 heteroatoms. The van der Waals surface area contributed by atoms with Crippen LogP contribution >= 0.6 is 11.8 Å². The molecule has 1 aromatic rings. The zero-order chi connectivity index (χ0) is 8.81. The fraction of sp³-hybridized carbons (Fsp3) is 0.222. The minimum absolute atomic E-state index is 0.120. The molecule has 0 aliphatic rings. The smallest absolute Gasteiger partial charge is 0.294 e. The molecule has 0 saturated heterocycles. The van der Waals surface area contributed by atoms with Gasteiger partial charge in [0.2, 0.25) is 0 Å². The van der Waals surface area contributed by atoms with Crippen molar-refractivity contribution in [3.05, 3.63) is 30.3 Å². The Morgan fingerprint density at radius 3 is 2.67 bits per heavy atom. The zero-order valence-electron chi connectivity index (χ0n) is 6.77. The third-order valence-electron chi connectivity index (χ3n) is 1.29. The molecule has 1 rings (SSSR count). The quantitative estimate of drug-likeness (QED) is 0.406. The summed E-state index contributed by atoms with van der Waals surface area (Å²) in [5.74, 6) is 0. The van der Waals surface area contributed by atoms with Gasteiger partial charge in [0.05, 0.1) is 0 Å². The molecule has 0 heterocycles. The molecule has 0 aromatic heterocycles. The highest BCUT2D eigenvalue weighted by molar-refractivity contribution is 7.99. The molecule has 0 fully saturated rings. The van der Waals surface area contributed by atoms with E-state index in [-0.39, 0.29) is 5.44 Å². The minimum atomic E-state index is -0.120. The predicted molar refractivity (Wildman–Crippen MR) is 48.9 cm³/mol. The second-order valence-corrected chi connectivity index (χ2v) is 3.60. The Morgan fingerprint density at radius 1 is 1.42 bits per heavy atom. The number of rotatable bonds is 4. The van der Waals surface area contributed by atoms with Crippen LogP contribution in [0.4, 0.5) is 0 Å². The van der Waals surface area contributed by atoms with E-state index < -0.39 is 0 Å². The average Bonchev–Trinajstić information content (AvgIpc) is 2.06. The van der Waals surface area contributed by atoms with E-state index in [1.54, 1.807) is 0 Å². The van der Waals surface area contributed by atoms with E-state index in [9.17, 15) is 4.79 Å². The van der Waals surface area contributed by atoms with Gasteiger partial charge in [-0.25, -0.2) is 0 Å². The maximum atomic E-state index is 9.97. The summed E-state index contributed by atoms with van der Waals surface area (Å²) in [6, 6.07) is 9.83. The first-order valence-electron chi connectivity index (χ1n) is 3.63. The fourth-order valence-electron chi connectivity index (χ4n) is 0.797. The van der Waals surface area contributed by atoms with Crippen LogP contribution in [-0.2, 0) is 9.53 Å². The molecule has 0 amide bonds. The first kappa shape index (κ1) is 9.13. The summed E-state index contributed by atoms with van der Waals surface area (Å²) < 4.78 is 4.73. The van der Waals surface area contributed by atoms with E-state index in [4.69, 9.17) is 4.74 Å². The lowest BCUT2D eigenvalue weighted by atomic mass is 10.4. The van der Waals surface area contributed by atoms with Gasteiger partial charge in [0.15, 0.2) is 0 Å². The molecule has 0 aliphatic carbocycles. The first-order valence-corrected chi connectivity index (χ1v) is 4.51. The highest BCUT2D eigenvalue weighted by atomic mass is 32.2. The van der Waals surface area contributed by atoms with Crippen LogP contribution in [0.15, 0.2) is 35.2 Å². The summed E-state index contributed by atoms with van der Waals surface area (Å²) in [7, 11) is 0. The van der Waals surface area contributed by atoms with Crippen molar-refractivity contribution in [1.29, 1.82) is 0 Å². The average molecular weight is 182 g/mol. The maximum Gasteiger partial charge on any atom is 0.294 e. The molecule has 0 aliphatic heterocycles. The van der Waals surface area contributed by atoms with Gasteiger partial charge in [0.25, 0.3) is 6.47 Å². The molecule has 1 unspecified atom stereocenters. The largest absolute Gasteiger partial charge is 0.453 e. The van der Waals surface area contributed by atoms with Crippen LogP contribution in [0, 0.1) is 0 Å². The molecule has 12 heavy (non-hydrogen) atoms. The molecule has 0 radical (unpaired) electrons. The van der Waals surface area contributed by atoms with Crippen LogP contribution in [0.2, 0.25) is 0 Å². The van der Waals surface area contributed by atoms with Gasteiger partial charge in [0, 0.05) is 4.90 Å². The predicted octanol–water partition coefficient (Wildman–Crippen LogP) is 2.30. The van der Waals surface area contributed by atoms with E-state index in [0.717, 1.165) is 4.90 Å². The van der Waals surface area contributed by atoms with Crippen LogP contribution in [0.1, 0.15) is 6.92 Å². The van der Waals surface area contributed by atoms with Crippen molar-refractivity contribution in [3.8, 4) is 0 Å². The standard InChI is InChI=1S/C9H10O2S/c1-8(11-7-10)12-9-5-3-2-4-6-9/h2-8H,1H3. The Balaban J connectivity index is 2.46. The van der Waals surface area contributed by atoms with E-state index >= 15 is 0 Å². The number of carbonyl (C=O) groups excluding carboxylic acids is 1. The molecule has 1 atom stereocenters. The summed E-state index contributed by atoms with van der Waals surface area (Å²) in [6.45, 7) is 2.31. The number of ether oxygens (including phenoxy) is 1. The van der Waals surface area contributed by atoms with Crippen molar-refractivity contribution in [1.82, 2.24) is 0 Å². The van der Waals surface area contributed by atoms with Crippen LogP contribution in [0.25, 0.3) is 0 Å². The van der Waals surface area contributed by atoms with Crippen LogP contribution in [-0.4, -0.2) is 11.9 Å². The van der Waals surface area contributed by atoms with Gasteiger partial charge in [-0.2, -0.15) is 0 Å². The fourth-order valence-corrected chi connectivity index (χ4v) is 1.60. The highest BCUT2D eigenvalue weighted by Gasteiger charge is 2.02. The van der Waals surface area contributed by atoms with Gasteiger partial charge in [-0.05, 0) is 19.1 Å². The SMILES string of the molecule is CC(OC=O)Sc1ccccc1. The Labute approximate surface area is 75.9 Å². The van der Waals surface area contributed by atoms with Gasteiger partial charge >= 0.3 is 0 Å². The first-order chi connectivity index (χ1) is 5.83. The van der Waals surface area contributed by atoms with E-state index in [0.29, 0.717) is 6.47 Å². The third-order valence-corrected chi connectivity index (χ3v) is 2.28. The molecule has 0 N–H and O–H groups in total. The lowest BCUT2D eigenvalue weighted by molar-refractivity contribution is -0.129. The summed E-state index contributed by atoms with van der Waals surface area (Å²) in [5, 5.41) is 0. The minimum Gasteiger partial charge on any atom is -0.453 e. The molecule has 0 spiro atoms. The van der Waals surface area contributed by atoms with Crippen molar-refractivity contribution in [3.63, 3.8) is 0 Å². The van der Waals surface area contributed by atoms with Gasteiger partial charge in [-0.1, -0.05) is 30.0 Å². The number of hydrogen-bond acceptors (Lipinski definition) is 3. The Bertz CT molecular complexity index is 236. The molecule has 1 aromatic carbocycles. The molecular weight excluding hydrogens is 172 g/mol. The lowest BCUT2D eigenvalue weighted by Crippen LogP contribution is -2.00. The van der Waals surface area contributed by atoms with Crippen molar-refractivity contribution in [2.45, 2.75) is 17.3 Å². The second-order valence-electron chi connectivity index (χ2n) is 2.23. The normalized spacial score (nSPS) is 12.1. The van der Waals surface area contributed by atoms with Crippen LogP contribution in [0.5, 0.6) is 0 Å². The van der Waals surface area contributed by atoms with Gasteiger partial charge in [-0.15, -0.1) is 0 Å². The number of hydrogen-bond donors (Lipinski definition) is 0. The monoisotopic (exact) mass is 182 g/mol. The third kappa shape index (κ3) is 2.96.